The summed E-state index contributed by atoms with van der Waals surface area (Å²) in [6.45, 7) is 7.57. The standard InChI is InChI=1S/C26H25N3O4S/c1-15-12-20(17(3)34-15)22-13-21(23-16(2)28-33-24(23)27-22)26(31)32-14-18-6-8-19(9-7-18)25(30)29-10-4-5-11-29/h6-9,12-13H,4-5,10-11,14H2,1-3H3. The predicted octanol–water partition coefficient (Wildman–Crippen LogP) is 5.47. The van der Waals surface area contributed by atoms with E-state index in [0.29, 0.717) is 33.6 Å². The summed E-state index contributed by atoms with van der Waals surface area (Å²) in [4.78, 5) is 34.4. The second kappa shape index (κ2) is 9.02. The first kappa shape index (κ1) is 22.3. The Hall–Kier alpha value is -3.52. The van der Waals surface area contributed by atoms with Crippen molar-refractivity contribution in [2.75, 3.05) is 13.1 Å². The molecule has 174 valence electrons. The van der Waals surface area contributed by atoms with Crippen LogP contribution < -0.4 is 0 Å². The van der Waals surface area contributed by atoms with E-state index >= 15 is 0 Å². The monoisotopic (exact) mass is 475 g/mol. The summed E-state index contributed by atoms with van der Waals surface area (Å²) in [5.41, 5.74) is 4.36. The van der Waals surface area contributed by atoms with E-state index in [2.05, 4.69) is 16.2 Å². The van der Waals surface area contributed by atoms with E-state index in [1.807, 2.05) is 30.9 Å². The molecule has 0 spiro atoms. The number of aryl methyl sites for hydroxylation is 3. The van der Waals surface area contributed by atoms with Gasteiger partial charge in [0.25, 0.3) is 11.6 Å². The second-order valence-electron chi connectivity index (χ2n) is 8.60. The van der Waals surface area contributed by atoms with E-state index in [1.165, 1.54) is 4.88 Å². The number of carbonyl (C=O) groups excluding carboxylic acids is 2. The molecular formula is C26H25N3O4S. The summed E-state index contributed by atoms with van der Waals surface area (Å²) < 4.78 is 11.0. The minimum absolute atomic E-state index is 0.0506. The molecule has 1 saturated heterocycles. The Kier molecular flexibility index (Phi) is 5.91. The summed E-state index contributed by atoms with van der Waals surface area (Å²) in [6.07, 6.45) is 2.11. The summed E-state index contributed by atoms with van der Waals surface area (Å²) in [6, 6.07) is 11.0. The molecule has 1 aliphatic rings. The van der Waals surface area contributed by atoms with Gasteiger partial charge in [-0.3, -0.25) is 4.79 Å². The first-order valence-corrected chi connectivity index (χ1v) is 12.1. The van der Waals surface area contributed by atoms with Gasteiger partial charge >= 0.3 is 5.97 Å². The lowest BCUT2D eigenvalue weighted by molar-refractivity contribution is 0.0474. The van der Waals surface area contributed by atoms with Crippen LogP contribution in [0.5, 0.6) is 0 Å². The van der Waals surface area contributed by atoms with Crippen LogP contribution in [-0.2, 0) is 11.3 Å². The molecule has 0 radical (unpaired) electrons. The van der Waals surface area contributed by atoms with E-state index in [-0.39, 0.29) is 12.5 Å². The minimum atomic E-state index is -0.471. The highest BCUT2D eigenvalue weighted by Gasteiger charge is 2.22. The lowest BCUT2D eigenvalue weighted by atomic mass is 10.1. The van der Waals surface area contributed by atoms with Crippen molar-refractivity contribution < 1.29 is 18.8 Å². The normalized spacial score (nSPS) is 13.6. The summed E-state index contributed by atoms with van der Waals surface area (Å²) in [5.74, 6) is -0.420. The maximum absolute atomic E-state index is 13.1. The van der Waals surface area contributed by atoms with Gasteiger partial charge in [-0.1, -0.05) is 17.3 Å². The lowest BCUT2D eigenvalue weighted by Gasteiger charge is -2.15. The van der Waals surface area contributed by atoms with Gasteiger partial charge in [-0.05, 0) is 63.4 Å². The van der Waals surface area contributed by atoms with Gasteiger partial charge in [0.2, 0.25) is 0 Å². The van der Waals surface area contributed by atoms with Gasteiger partial charge in [0.05, 0.1) is 22.3 Å². The van der Waals surface area contributed by atoms with Crippen LogP contribution in [0.2, 0.25) is 0 Å². The number of fused-ring (bicyclic) bond motifs is 1. The van der Waals surface area contributed by atoms with Gasteiger partial charge in [0.15, 0.2) is 0 Å². The number of esters is 1. The molecule has 0 atom stereocenters. The zero-order valence-corrected chi connectivity index (χ0v) is 20.2. The molecule has 1 fully saturated rings. The Labute approximate surface area is 201 Å². The zero-order valence-electron chi connectivity index (χ0n) is 19.4. The molecule has 0 unspecified atom stereocenters. The van der Waals surface area contributed by atoms with Crippen LogP contribution in [0.3, 0.4) is 0 Å². The number of hydrogen-bond donors (Lipinski definition) is 0. The summed E-state index contributed by atoms with van der Waals surface area (Å²) in [5, 5.41) is 4.56. The molecule has 7 nitrogen and oxygen atoms in total. The van der Waals surface area contributed by atoms with E-state index < -0.39 is 5.97 Å². The van der Waals surface area contributed by atoms with Crippen molar-refractivity contribution in [3.05, 3.63) is 68.5 Å². The second-order valence-corrected chi connectivity index (χ2v) is 10.1. The molecule has 34 heavy (non-hydrogen) atoms. The number of carbonyl (C=O) groups is 2. The fraction of sp³-hybridized carbons (Fsp3) is 0.308. The number of nitrogens with zero attached hydrogens (tertiary/aromatic N) is 3. The van der Waals surface area contributed by atoms with Gasteiger partial charge in [-0.2, -0.15) is 0 Å². The van der Waals surface area contributed by atoms with Crippen molar-refractivity contribution in [3.63, 3.8) is 0 Å². The molecule has 4 aromatic rings. The van der Waals surface area contributed by atoms with E-state index in [1.54, 1.807) is 36.5 Å². The SMILES string of the molecule is Cc1cc(-c2cc(C(=O)OCc3ccc(C(=O)N4CCCC4)cc3)c3c(C)noc3n2)c(C)s1. The smallest absolute Gasteiger partial charge is 0.339 e. The van der Waals surface area contributed by atoms with Crippen LogP contribution in [0.1, 0.15) is 54.6 Å². The fourth-order valence-electron chi connectivity index (χ4n) is 4.35. The van der Waals surface area contributed by atoms with Crippen LogP contribution in [0, 0.1) is 20.8 Å². The van der Waals surface area contributed by atoms with E-state index in [9.17, 15) is 9.59 Å². The summed E-state index contributed by atoms with van der Waals surface area (Å²) in [7, 11) is 0. The third-order valence-corrected chi connectivity index (χ3v) is 7.08. The van der Waals surface area contributed by atoms with Crippen molar-refractivity contribution in [2.45, 2.75) is 40.2 Å². The average molecular weight is 476 g/mol. The first-order chi connectivity index (χ1) is 16.4. The Morgan fingerprint density at radius 1 is 1.09 bits per heavy atom. The molecule has 1 amide bonds. The van der Waals surface area contributed by atoms with E-state index in [0.717, 1.165) is 41.9 Å². The maximum Gasteiger partial charge on any atom is 0.339 e. The number of ether oxygens (including phenoxy) is 1. The lowest BCUT2D eigenvalue weighted by Crippen LogP contribution is -2.27. The number of pyridine rings is 1. The van der Waals surface area contributed by atoms with Crippen LogP contribution in [0.4, 0.5) is 0 Å². The number of thiophene rings is 1. The molecule has 0 saturated carbocycles. The molecule has 3 aromatic heterocycles. The molecule has 0 aliphatic carbocycles. The van der Waals surface area contributed by atoms with Crippen LogP contribution in [-0.4, -0.2) is 40.0 Å². The van der Waals surface area contributed by atoms with Crippen molar-refractivity contribution in [1.29, 1.82) is 0 Å². The Bertz CT molecular complexity index is 1380. The molecule has 5 rings (SSSR count). The number of benzene rings is 1. The fourth-order valence-corrected chi connectivity index (χ4v) is 5.28. The Morgan fingerprint density at radius 3 is 2.50 bits per heavy atom. The highest BCUT2D eigenvalue weighted by Crippen LogP contribution is 2.33. The largest absolute Gasteiger partial charge is 0.457 e. The number of rotatable bonds is 5. The molecule has 1 aliphatic heterocycles. The van der Waals surface area contributed by atoms with Crippen LogP contribution >= 0.6 is 11.3 Å². The molecule has 4 heterocycles. The number of aromatic nitrogens is 2. The van der Waals surface area contributed by atoms with Gasteiger partial charge < -0.3 is 14.2 Å². The molecule has 8 heteroatoms. The summed E-state index contributed by atoms with van der Waals surface area (Å²) >= 11 is 1.68. The van der Waals surface area contributed by atoms with Crippen molar-refractivity contribution in [2.24, 2.45) is 0 Å². The van der Waals surface area contributed by atoms with Crippen LogP contribution in [0.15, 0.2) is 40.9 Å². The molecule has 0 bridgehead atoms. The third-order valence-electron chi connectivity index (χ3n) is 6.12. The van der Waals surface area contributed by atoms with Crippen molar-refractivity contribution in [3.8, 4) is 11.3 Å². The quantitative estimate of drug-likeness (QED) is 0.356. The van der Waals surface area contributed by atoms with Gasteiger partial charge in [-0.15, -0.1) is 11.3 Å². The van der Waals surface area contributed by atoms with Crippen LogP contribution in [0.25, 0.3) is 22.4 Å². The van der Waals surface area contributed by atoms with Gasteiger partial charge in [0.1, 0.15) is 6.61 Å². The van der Waals surface area contributed by atoms with Gasteiger partial charge in [0, 0.05) is 34.0 Å². The number of hydrogen-bond acceptors (Lipinski definition) is 7. The zero-order chi connectivity index (χ0) is 23.8. The topological polar surface area (TPSA) is 85.5 Å². The maximum atomic E-state index is 13.1. The van der Waals surface area contributed by atoms with Crippen molar-refractivity contribution in [1.82, 2.24) is 15.0 Å². The van der Waals surface area contributed by atoms with Crippen molar-refractivity contribution >= 4 is 34.3 Å². The van der Waals surface area contributed by atoms with E-state index in [4.69, 9.17) is 9.26 Å². The molecular weight excluding hydrogens is 450 g/mol. The van der Waals surface area contributed by atoms with Gasteiger partial charge in [-0.25, -0.2) is 9.78 Å². The molecule has 0 N–H and O–H groups in total. The molecule has 1 aromatic carbocycles. The number of likely N-dealkylation sites (tertiary alicyclic amines) is 1. The third kappa shape index (κ3) is 4.21. The highest BCUT2D eigenvalue weighted by atomic mass is 32.1. The average Bonchev–Trinajstić information content (AvgIpc) is 3.57. The minimum Gasteiger partial charge on any atom is -0.457 e. The predicted molar refractivity (Wildman–Crippen MR) is 130 cm³/mol. The Balaban J connectivity index is 1.36. The highest BCUT2D eigenvalue weighted by molar-refractivity contribution is 7.12. The number of amides is 1. The first-order valence-electron chi connectivity index (χ1n) is 11.3. The Morgan fingerprint density at radius 2 is 1.82 bits per heavy atom.